The molecule has 1 unspecified atom stereocenters. The molecule has 0 saturated heterocycles. The molecule has 0 aromatic rings. The first-order chi connectivity index (χ1) is 3.68. The fourth-order valence-electron chi connectivity index (χ4n) is 0.431. The van der Waals surface area contributed by atoms with Gasteiger partial charge in [0.25, 0.3) is 0 Å². The lowest BCUT2D eigenvalue weighted by Crippen LogP contribution is -2.31. The van der Waals surface area contributed by atoms with Gasteiger partial charge in [0.2, 0.25) is 0 Å². The van der Waals surface area contributed by atoms with E-state index in [4.69, 9.17) is 0 Å². The van der Waals surface area contributed by atoms with Gasteiger partial charge >= 0.3 is 9.29 Å². The van der Waals surface area contributed by atoms with E-state index >= 15 is 0 Å². The topological polar surface area (TPSA) is 12.0 Å². The van der Waals surface area contributed by atoms with Crippen LogP contribution < -0.4 is 4.98 Å². The first kappa shape index (κ1) is 8.11. The van der Waals surface area contributed by atoms with E-state index in [9.17, 15) is 4.11 Å². The molecule has 0 radical (unpaired) electrons. The van der Waals surface area contributed by atoms with Crippen molar-refractivity contribution in [3.63, 3.8) is 0 Å². The molecule has 0 heterocycles. The zero-order valence-electron chi connectivity index (χ0n) is 5.74. The van der Waals surface area contributed by atoms with Crippen LogP contribution in [0.4, 0.5) is 4.11 Å². The SMILES string of the molecule is CCN[SiH](F)C(C)C. The summed E-state index contributed by atoms with van der Waals surface area (Å²) in [6, 6.07) is 0. The van der Waals surface area contributed by atoms with Crippen molar-refractivity contribution in [1.82, 2.24) is 4.98 Å². The Kier molecular flexibility index (Phi) is 4.09. The zero-order chi connectivity index (χ0) is 6.57. The second-order valence-electron chi connectivity index (χ2n) is 2.20. The maximum Gasteiger partial charge on any atom is 0.306 e. The summed E-state index contributed by atoms with van der Waals surface area (Å²) in [5.41, 5.74) is 0.231. The van der Waals surface area contributed by atoms with Crippen LogP contribution in [0.25, 0.3) is 0 Å². The second-order valence-corrected chi connectivity index (χ2v) is 4.75. The summed E-state index contributed by atoms with van der Waals surface area (Å²) in [5, 5.41) is 0. The predicted octanol–water partition coefficient (Wildman–Crippen LogP) is 1.20. The number of hydrogen-bond donors (Lipinski definition) is 1. The molecule has 0 aliphatic carbocycles. The standard InChI is InChI=1S/C5H14FNSi/c1-4-7-8(6)5(2)3/h5,7-8H,4H2,1-3H3. The highest BCUT2D eigenvalue weighted by atomic mass is 28.3. The first-order valence-electron chi connectivity index (χ1n) is 3.06. The molecular weight excluding hydrogens is 121 g/mol. The Bertz CT molecular complexity index is 58.4. The van der Waals surface area contributed by atoms with Crippen molar-refractivity contribution in [3.05, 3.63) is 0 Å². The van der Waals surface area contributed by atoms with Gasteiger partial charge in [0, 0.05) is 0 Å². The van der Waals surface area contributed by atoms with Crippen LogP contribution in [0, 0.1) is 0 Å². The summed E-state index contributed by atoms with van der Waals surface area (Å²) in [4.78, 5) is 2.82. The third-order valence-electron chi connectivity index (χ3n) is 0.984. The molecule has 0 bridgehead atoms. The lowest BCUT2D eigenvalue weighted by atomic mass is 10.6. The molecule has 8 heavy (non-hydrogen) atoms. The van der Waals surface area contributed by atoms with Crippen molar-refractivity contribution in [3.8, 4) is 0 Å². The lowest BCUT2D eigenvalue weighted by Gasteiger charge is -2.08. The molecule has 0 fully saturated rings. The third kappa shape index (κ3) is 3.15. The molecule has 0 aromatic carbocycles. The van der Waals surface area contributed by atoms with Gasteiger partial charge in [-0.05, 0) is 12.1 Å². The summed E-state index contributed by atoms with van der Waals surface area (Å²) in [5.74, 6) is 0. The van der Waals surface area contributed by atoms with E-state index in [1.165, 1.54) is 0 Å². The van der Waals surface area contributed by atoms with E-state index in [0.29, 0.717) is 0 Å². The summed E-state index contributed by atoms with van der Waals surface area (Å²) in [6.07, 6.45) is 0. The molecule has 1 atom stereocenters. The molecule has 0 spiro atoms. The second kappa shape index (κ2) is 4.03. The molecule has 0 saturated carbocycles. The summed E-state index contributed by atoms with van der Waals surface area (Å²) >= 11 is 0. The quantitative estimate of drug-likeness (QED) is 0.453. The zero-order valence-corrected chi connectivity index (χ0v) is 6.89. The Morgan fingerprint density at radius 2 is 2.12 bits per heavy atom. The van der Waals surface area contributed by atoms with Crippen molar-refractivity contribution in [2.24, 2.45) is 0 Å². The van der Waals surface area contributed by atoms with Crippen LogP contribution >= 0.6 is 0 Å². The molecule has 0 amide bonds. The Morgan fingerprint density at radius 3 is 2.25 bits per heavy atom. The average molecular weight is 135 g/mol. The van der Waals surface area contributed by atoms with E-state index in [-0.39, 0.29) is 5.54 Å². The number of halogens is 1. The van der Waals surface area contributed by atoms with Gasteiger partial charge in [0.05, 0.1) is 0 Å². The highest BCUT2D eigenvalue weighted by molar-refractivity contribution is 6.49. The van der Waals surface area contributed by atoms with Crippen molar-refractivity contribution >= 4 is 9.29 Å². The first-order valence-corrected chi connectivity index (χ1v) is 4.74. The predicted molar refractivity (Wildman–Crippen MR) is 37.0 cm³/mol. The highest BCUT2D eigenvalue weighted by Gasteiger charge is 2.11. The maximum atomic E-state index is 12.6. The van der Waals surface area contributed by atoms with Crippen LogP contribution in [-0.4, -0.2) is 15.8 Å². The molecule has 0 aliphatic rings. The van der Waals surface area contributed by atoms with Gasteiger partial charge in [-0.15, -0.1) is 0 Å². The van der Waals surface area contributed by atoms with Crippen molar-refractivity contribution in [1.29, 1.82) is 0 Å². The molecule has 1 nitrogen and oxygen atoms in total. The van der Waals surface area contributed by atoms with E-state index in [2.05, 4.69) is 4.98 Å². The summed E-state index contributed by atoms with van der Waals surface area (Å²) in [6.45, 7) is 6.53. The van der Waals surface area contributed by atoms with Gasteiger partial charge in [-0.2, -0.15) is 0 Å². The van der Waals surface area contributed by atoms with Crippen molar-refractivity contribution in [2.75, 3.05) is 6.54 Å². The minimum atomic E-state index is -2.03. The van der Waals surface area contributed by atoms with Gasteiger partial charge in [-0.3, -0.25) is 4.11 Å². The van der Waals surface area contributed by atoms with Crippen LogP contribution in [0.3, 0.4) is 0 Å². The molecule has 0 aromatic heterocycles. The fourth-order valence-corrected chi connectivity index (χ4v) is 1.29. The van der Waals surface area contributed by atoms with Crippen molar-refractivity contribution < 1.29 is 4.11 Å². The monoisotopic (exact) mass is 135 g/mol. The van der Waals surface area contributed by atoms with Gasteiger partial charge < -0.3 is 4.98 Å². The molecule has 0 rings (SSSR count). The molecule has 0 aliphatic heterocycles. The average Bonchev–Trinajstić information content (AvgIpc) is 1.67. The minimum absolute atomic E-state index is 0.231. The fraction of sp³-hybridized carbons (Fsp3) is 1.00. The van der Waals surface area contributed by atoms with Gasteiger partial charge in [-0.25, -0.2) is 0 Å². The van der Waals surface area contributed by atoms with Crippen LogP contribution in [0.1, 0.15) is 20.8 Å². The van der Waals surface area contributed by atoms with Crippen LogP contribution in [0.5, 0.6) is 0 Å². The maximum absolute atomic E-state index is 12.6. The van der Waals surface area contributed by atoms with E-state index < -0.39 is 9.29 Å². The van der Waals surface area contributed by atoms with Crippen LogP contribution in [0.2, 0.25) is 5.54 Å². The van der Waals surface area contributed by atoms with E-state index in [0.717, 1.165) is 6.54 Å². The Hall–Kier alpha value is 0.107. The Balaban J connectivity index is 3.17. The smallest absolute Gasteiger partial charge is 0.306 e. The third-order valence-corrected chi connectivity index (χ3v) is 2.95. The normalized spacial score (nSPS) is 14.6. The number of hydrogen-bond acceptors (Lipinski definition) is 1. The molecule has 3 heteroatoms. The minimum Gasteiger partial charge on any atom is -0.315 e. The Morgan fingerprint density at radius 1 is 1.62 bits per heavy atom. The summed E-state index contributed by atoms with van der Waals surface area (Å²) in [7, 11) is -2.03. The largest absolute Gasteiger partial charge is 0.315 e. The molecule has 50 valence electrons. The van der Waals surface area contributed by atoms with Gasteiger partial charge in [0.1, 0.15) is 0 Å². The Labute approximate surface area is 52.1 Å². The van der Waals surface area contributed by atoms with Crippen molar-refractivity contribution in [2.45, 2.75) is 26.3 Å². The van der Waals surface area contributed by atoms with Crippen LogP contribution in [0.15, 0.2) is 0 Å². The lowest BCUT2D eigenvalue weighted by molar-refractivity contribution is 0.720. The summed E-state index contributed by atoms with van der Waals surface area (Å²) < 4.78 is 12.6. The highest BCUT2D eigenvalue weighted by Crippen LogP contribution is 2.03. The number of nitrogens with one attached hydrogen (secondary N) is 1. The van der Waals surface area contributed by atoms with Gasteiger partial charge in [-0.1, -0.05) is 20.8 Å². The molecule has 1 N–H and O–H groups in total. The van der Waals surface area contributed by atoms with Gasteiger partial charge in [0.15, 0.2) is 0 Å². The van der Waals surface area contributed by atoms with E-state index in [1.807, 2.05) is 20.8 Å². The van der Waals surface area contributed by atoms with E-state index in [1.54, 1.807) is 0 Å². The number of rotatable bonds is 3. The van der Waals surface area contributed by atoms with Crippen LogP contribution in [-0.2, 0) is 0 Å². The molecular formula is C5H14FNSi.